The van der Waals surface area contributed by atoms with Crippen molar-refractivity contribution in [2.24, 2.45) is 0 Å². The SMILES string of the molecule is Cc1cccc(C(=O)Nc2cccc(OC(F)F)c2)c1Br. The zero-order valence-electron chi connectivity index (χ0n) is 11.1. The molecule has 0 bridgehead atoms. The van der Waals surface area contributed by atoms with Crippen molar-refractivity contribution in [2.75, 3.05) is 5.32 Å². The van der Waals surface area contributed by atoms with Gasteiger partial charge in [0.15, 0.2) is 0 Å². The molecule has 3 nitrogen and oxygen atoms in total. The third-order valence-electron chi connectivity index (χ3n) is 2.75. The monoisotopic (exact) mass is 355 g/mol. The molecular weight excluding hydrogens is 344 g/mol. The third-order valence-corrected chi connectivity index (χ3v) is 3.81. The molecule has 2 rings (SSSR count). The van der Waals surface area contributed by atoms with Crippen LogP contribution in [0.3, 0.4) is 0 Å². The van der Waals surface area contributed by atoms with E-state index < -0.39 is 6.61 Å². The van der Waals surface area contributed by atoms with E-state index in [-0.39, 0.29) is 11.7 Å². The normalized spacial score (nSPS) is 10.5. The third kappa shape index (κ3) is 4.01. The minimum absolute atomic E-state index is 0.00823. The molecule has 1 N–H and O–H groups in total. The smallest absolute Gasteiger partial charge is 0.387 e. The Kier molecular flexibility index (Phi) is 4.90. The Balaban J connectivity index is 2.18. The molecule has 21 heavy (non-hydrogen) atoms. The van der Waals surface area contributed by atoms with E-state index in [4.69, 9.17) is 0 Å². The average Bonchev–Trinajstić information content (AvgIpc) is 2.41. The van der Waals surface area contributed by atoms with Crippen molar-refractivity contribution in [1.29, 1.82) is 0 Å². The lowest BCUT2D eigenvalue weighted by atomic mass is 10.1. The Morgan fingerprint density at radius 2 is 1.95 bits per heavy atom. The van der Waals surface area contributed by atoms with E-state index >= 15 is 0 Å². The molecule has 0 aliphatic rings. The number of amides is 1. The highest BCUT2D eigenvalue weighted by molar-refractivity contribution is 9.10. The molecule has 0 saturated heterocycles. The molecule has 0 aliphatic heterocycles. The minimum Gasteiger partial charge on any atom is -0.435 e. The van der Waals surface area contributed by atoms with Gasteiger partial charge >= 0.3 is 6.61 Å². The molecule has 0 spiro atoms. The number of rotatable bonds is 4. The standard InChI is InChI=1S/C15H12BrF2NO2/c1-9-4-2-7-12(13(9)16)14(20)19-10-5-3-6-11(8-10)21-15(17)18/h2-8,15H,1H3,(H,19,20). The van der Waals surface area contributed by atoms with Crippen molar-refractivity contribution in [3.63, 3.8) is 0 Å². The number of anilines is 1. The van der Waals surface area contributed by atoms with Crippen LogP contribution in [0.4, 0.5) is 14.5 Å². The molecule has 6 heteroatoms. The van der Waals surface area contributed by atoms with E-state index in [9.17, 15) is 13.6 Å². The lowest BCUT2D eigenvalue weighted by molar-refractivity contribution is -0.0497. The Labute approximate surface area is 129 Å². The fourth-order valence-corrected chi connectivity index (χ4v) is 2.22. The minimum atomic E-state index is -2.90. The van der Waals surface area contributed by atoms with Gasteiger partial charge in [-0.25, -0.2) is 0 Å². The second-order valence-electron chi connectivity index (χ2n) is 4.30. The first-order chi connectivity index (χ1) is 9.97. The van der Waals surface area contributed by atoms with Gasteiger partial charge < -0.3 is 10.1 Å². The number of carbonyl (C=O) groups is 1. The van der Waals surface area contributed by atoms with Crippen LogP contribution in [-0.2, 0) is 0 Å². The van der Waals surface area contributed by atoms with Crippen LogP contribution in [0.5, 0.6) is 5.75 Å². The largest absolute Gasteiger partial charge is 0.435 e. The van der Waals surface area contributed by atoms with Crippen LogP contribution in [0.15, 0.2) is 46.9 Å². The topological polar surface area (TPSA) is 38.3 Å². The summed E-state index contributed by atoms with van der Waals surface area (Å²) in [5, 5.41) is 2.65. The van der Waals surface area contributed by atoms with E-state index in [0.29, 0.717) is 15.7 Å². The van der Waals surface area contributed by atoms with Gasteiger partial charge in [-0.1, -0.05) is 18.2 Å². The molecule has 0 radical (unpaired) electrons. The molecule has 0 aliphatic carbocycles. The first-order valence-electron chi connectivity index (χ1n) is 6.08. The number of aryl methyl sites for hydroxylation is 1. The number of nitrogens with one attached hydrogen (secondary N) is 1. The number of ether oxygens (including phenoxy) is 1. The van der Waals surface area contributed by atoms with Crippen LogP contribution >= 0.6 is 15.9 Å². The highest BCUT2D eigenvalue weighted by Gasteiger charge is 2.12. The van der Waals surface area contributed by atoms with Gasteiger partial charge in [0, 0.05) is 16.2 Å². The van der Waals surface area contributed by atoms with E-state index in [2.05, 4.69) is 26.0 Å². The van der Waals surface area contributed by atoms with Gasteiger partial charge in [-0.2, -0.15) is 8.78 Å². The highest BCUT2D eigenvalue weighted by atomic mass is 79.9. The number of halogens is 3. The highest BCUT2D eigenvalue weighted by Crippen LogP contribution is 2.24. The van der Waals surface area contributed by atoms with E-state index in [1.807, 2.05) is 13.0 Å². The van der Waals surface area contributed by atoms with Gasteiger partial charge in [0.2, 0.25) is 0 Å². The second-order valence-corrected chi connectivity index (χ2v) is 5.09. The zero-order chi connectivity index (χ0) is 15.4. The first-order valence-corrected chi connectivity index (χ1v) is 6.88. The second kappa shape index (κ2) is 6.67. The van der Waals surface area contributed by atoms with Crippen LogP contribution in [-0.4, -0.2) is 12.5 Å². The fraction of sp³-hybridized carbons (Fsp3) is 0.133. The number of alkyl halides is 2. The quantitative estimate of drug-likeness (QED) is 0.869. The maximum Gasteiger partial charge on any atom is 0.387 e. The van der Waals surface area contributed by atoms with Crippen molar-refractivity contribution in [3.05, 3.63) is 58.1 Å². The number of hydrogen-bond acceptors (Lipinski definition) is 2. The molecular formula is C15H12BrF2NO2. The Hall–Kier alpha value is -1.95. The molecule has 2 aromatic rings. The van der Waals surface area contributed by atoms with Crippen LogP contribution in [0, 0.1) is 6.92 Å². The van der Waals surface area contributed by atoms with Crippen molar-refractivity contribution >= 4 is 27.5 Å². The summed E-state index contributed by atoms with van der Waals surface area (Å²) in [6.07, 6.45) is 0. The number of benzene rings is 2. The van der Waals surface area contributed by atoms with Crippen LogP contribution in [0.2, 0.25) is 0 Å². The predicted molar refractivity (Wildman–Crippen MR) is 79.9 cm³/mol. The summed E-state index contributed by atoms with van der Waals surface area (Å²) in [5.41, 5.74) is 1.78. The molecule has 1 amide bonds. The summed E-state index contributed by atoms with van der Waals surface area (Å²) < 4.78 is 29.3. The van der Waals surface area contributed by atoms with Crippen LogP contribution in [0.1, 0.15) is 15.9 Å². The first kappa shape index (κ1) is 15.4. The van der Waals surface area contributed by atoms with Crippen molar-refractivity contribution in [1.82, 2.24) is 0 Å². The molecule has 0 saturated carbocycles. The fourth-order valence-electron chi connectivity index (χ4n) is 1.77. The van der Waals surface area contributed by atoms with Gasteiger partial charge in [0.25, 0.3) is 5.91 Å². The Bertz CT molecular complexity index is 662. The summed E-state index contributed by atoms with van der Waals surface area (Å²) in [5.74, 6) is -0.342. The van der Waals surface area contributed by atoms with Crippen LogP contribution in [0.25, 0.3) is 0 Å². The molecule has 0 fully saturated rings. The van der Waals surface area contributed by atoms with Gasteiger partial charge in [-0.3, -0.25) is 4.79 Å². The van der Waals surface area contributed by atoms with Gasteiger partial charge in [0.05, 0.1) is 5.56 Å². The summed E-state index contributed by atoms with van der Waals surface area (Å²) in [6.45, 7) is -1.03. The molecule has 0 atom stereocenters. The average molecular weight is 356 g/mol. The van der Waals surface area contributed by atoms with E-state index in [1.165, 1.54) is 18.2 Å². The predicted octanol–water partition coefficient (Wildman–Crippen LogP) is 4.61. The van der Waals surface area contributed by atoms with Crippen molar-refractivity contribution in [2.45, 2.75) is 13.5 Å². The summed E-state index contributed by atoms with van der Waals surface area (Å²) in [6, 6.07) is 11.2. The van der Waals surface area contributed by atoms with Crippen molar-refractivity contribution < 1.29 is 18.3 Å². The molecule has 0 unspecified atom stereocenters. The van der Waals surface area contributed by atoms with Gasteiger partial charge in [0.1, 0.15) is 5.75 Å². The summed E-state index contributed by atoms with van der Waals surface area (Å²) >= 11 is 3.36. The lowest BCUT2D eigenvalue weighted by Gasteiger charge is -2.10. The summed E-state index contributed by atoms with van der Waals surface area (Å²) in [4.78, 5) is 12.2. The molecule has 0 aromatic heterocycles. The Morgan fingerprint density at radius 3 is 2.67 bits per heavy atom. The molecule has 110 valence electrons. The lowest BCUT2D eigenvalue weighted by Crippen LogP contribution is -2.13. The molecule has 2 aromatic carbocycles. The Morgan fingerprint density at radius 1 is 1.24 bits per heavy atom. The molecule has 0 heterocycles. The maximum atomic E-state index is 12.2. The van der Waals surface area contributed by atoms with Gasteiger partial charge in [-0.05, 0) is 46.6 Å². The number of hydrogen-bond donors (Lipinski definition) is 1. The van der Waals surface area contributed by atoms with Crippen molar-refractivity contribution in [3.8, 4) is 5.75 Å². The van der Waals surface area contributed by atoms with Crippen LogP contribution < -0.4 is 10.1 Å². The maximum absolute atomic E-state index is 12.2. The number of carbonyl (C=O) groups excluding carboxylic acids is 1. The van der Waals surface area contributed by atoms with E-state index in [0.717, 1.165) is 5.56 Å². The zero-order valence-corrected chi connectivity index (χ0v) is 12.7. The van der Waals surface area contributed by atoms with Gasteiger partial charge in [-0.15, -0.1) is 0 Å². The summed E-state index contributed by atoms with van der Waals surface area (Å²) in [7, 11) is 0. The van der Waals surface area contributed by atoms with E-state index in [1.54, 1.807) is 18.2 Å².